The molecule has 1 unspecified atom stereocenters. The zero-order valence-corrected chi connectivity index (χ0v) is 11.9. The number of carbonyl (C=O) groups excluding carboxylic acids is 2. The summed E-state index contributed by atoms with van der Waals surface area (Å²) in [5.74, 6) is 0.231. The third kappa shape index (κ3) is 2.98. The molecule has 1 aliphatic heterocycles. The fourth-order valence-corrected chi connectivity index (χ4v) is 2.49. The summed E-state index contributed by atoms with van der Waals surface area (Å²) in [6, 6.07) is 6.66. The number of H-pyrrole nitrogens is 1. The maximum Gasteiger partial charge on any atom is 0.258 e. The molecule has 7 nitrogen and oxygen atoms in total. The first-order valence-corrected chi connectivity index (χ1v) is 7.18. The van der Waals surface area contributed by atoms with Crippen LogP contribution in [0.4, 0.5) is 0 Å². The standard InChI is InChI=1S/C15H16N4O3/c20-13-6-5-11(18-13)15(22)16-8-7-12-17-10-4-2-1-3-9(10)14(21)19-12/h1-4,11H,5-8H2,(H,16,22)(H,18,20)(H,17,19,21). The van der Waals surface area contributed by atoms with Crippen molar-refractivity contribution in [1.82, 2.24) is 20.6 Å². The van der Waals surface area contributed by atoms with E-state index in [0.29, 0.717) is 42.5 Å². The van der Waals surface area contributed by atoms with E-state index in [2.05, 4.69) is 20.6 Å². The average molecular weight is 300 g/mol. The Bertz CT molecular complexity index is 784. The highest BCUT2D eigenvalue weighted by atomic mass is 16.2. The molecule has 2 amide bonds. The topological polar surface area (TPSA) is 104 Å². The largest absolute Gasteiger partial charge is 0.354 e. The van der Waals surface area contributed by atoms with Crippen molar-refractivity contribution in [3.63, 3.8) is 0 Å². The summed E-state index contributed by atoms with van der Waals surface area (Å²) in [5.41, 5.74) is 0.450. The van der Waals surface area contributed by atoms with Crippen molar-refractivity contribution in [2.24, 2.45) is 0 Å². The summed E-state index contributed by atoms with van der Waals surface area (Å²) in [5, 5.41) is 5.90. The van der Waals surface area contributed by atoms with Gasteiger partial charge in [-0.3, -0.25) is 14.4 Å². The highest BCUT2D eigenvalue weighted by Crippen LogP contribution is 2.07. The first kappa shape index (κ1) is 14.2. The number of nitrogens with zero attached hydrogens (tertiary/aromatic N) is 1. The van der Waals surface area contributed by atoms with Crippen LogP contribution in [0.5, 0.6) is 0 Å². The number of aromatic amines is 1. The van der Waals surface area contributed by atoms with Crippen LogP contribution in [0, 0.1) is 0 Å². The molecule has 1 aliphatic rings. The first-order valence-electron chi connectivity index (χ1n) is 7.18. The molecule has 7 heteroatoms. The summed E-state index contributed by atoms with van der Waals surface area (Å²) in [4.78, 5) is 41.9. The Hall–Kier alpha value is -2.70. The van der Waals surface area contributed by atoms with Crippen LogP contribution in [0.1, 0.15) is 18.7 Å². The minimum absolute atomic E-state index is 0.0966. The summed E-state index contributed by atoms with van der Waals surface area (Å²) < 4.78 is 0. The molecule has 1 fully saturated rings. The van der Waals surface area contributed by atoms with E-state index in [1.54, 1.807) is 18.2 Å². The molecule has 0 bridgehead atoms. The van der Waals surface area contributed by atoms with E-state index in [9.17, 15) is 14.4 Å². The van der Waals surface area contributed by atoms with Crippen LogP contribution < -0.4 is 16.2 Å². The van der Waals surface area contributed by atoms with Gasteiger partial charge in [-0.15, -0.1) is 0 Å². The normalized spacial score (nSPS) is 17.5. The summed E-state index contributed by atoms with van der Waals surface area (Å²) >= 11 is 0. The average Bonchev–Trinajstić information content (AvgIpc) is 2.94. The molecule has 22 heavy (non-hydrogen) atoms. The monoisotopic (exact) mass is 300 g/mol. The fraction of sp³-hybridized carbons (Fsp3) is 0.333. The second-order valence-electron chi connectivity index (χ2n) is 5.23. The predicted molar refractivity (Wildman–Crippen MR) is 80.2 cm³/mol. The zero-order valence-electron chi connectivity index (χ0n) is 11.9. The minimum Gasteiger partial charge on any atom is -0.354 e. The molecule has 0 radical (unpaired) electrons. The van der Waals surface area contributed by atoms with Gasteiger partial charge in [0.25, 0.3) is 5.56 Å². The summed E-state index contributed by atoms with van der Waals surface area (Å²) in [6.45, 7) is 0.354. The van der Waals surface area contributed by atoms with Gasteiger partial charge in [0.1, 0.15) is 11.9 Å². The van der Waals surface area contributed by atoms with E-state index < -0.39 is 6.04 Å². The molecule has 2 aromatic rings. The van der Waals surface area contributed by atoms with Crippen molar-refractivity contribution in [3.8, 4) is 0 Å². The molecular formula is C15H16N4O3. The Morgan fingerprint density at radius 3 is 2.91 bits per heavy atom. The number of aromatic nitrogens is 2. The number of rotatable bonds is 4. The molecule has 1 aromatic heterocycles. The van der Waals surface area contributed by atoms with Gasteiger partial charge in [0.05, 0.1) is 10.9 Å². The molecule has 3 N–H and O–H groups in total. The van der Waals surface area contributed by atoms with Gasteiger partial charge in [-0.05, 0) is 18.6 Å². The van der Waals surface area contributed by atoms with E-state index in [-0.39, 0.29) is 17.4 Å². The van der Waals surface area contributed by atoms with Crippen LogP contribution in [0.15, 0.2) is 29.1 Å². The molecule has 1 saturated heterocycles. The number of amides is 2. The Morgan fingerprint density at radius 1 is 1.32 bits per heavy atom. The Kier molecular flexibility index (Phi) is 3.86. The number of benzene rings is 1. The van der Waals surface area contributed by atoms with Crippen LogP contribution >= 0.6 is 0 Å². The number of fused-ring (bicyclic) bond motifs is 1. The molecule has 0 aliphatic carbocycles. The molecule has 2 heterocycles. The van der Waals surface area contributed by atoms with E-state index >= 15 is 0 Å². The van der Waals surface area contributed by atoms with Crippen LogP contribution in [0.2, 0.25) is 0 Å². The minimum atomic E-state index is -0.448. The second-order valence-corrected chi connectivity index (χ2v) is 5.23. The Labute approximate surface area is 126 Å². The molecule has 1 atom stereocenters. The van der Waals surface area contributed by atoms with E-state index in [1.807, 2.05) is 6.07 Å². The molecule has 0 saturated carbocycles. The Morgan fingerprint density at radius 2 is 2.14 bits per heavy atom. The highest BCUT2D eigenvalue weighted by Gasteiger charge is 2.26. The SMILES string of the molecule is O=C1CCC(C(=O)NCCc2nc3ccccc3c(=O)[nH]2)N1. The van der Waals surface area contributed by atoms with Gasteiger partial charge < -0.3 is 15.6 Å². The van der Waals surface area contributed by atoms with E-state index in [4.69, 9.17) is 0 Å². The number of carbonyl (C=O) groups is 2. The second kappa shape index (κ2) is 5.97. The fourth-order valence-electron chi connectivity index (χ4n) is 2.49. The van der Waals surface area contributed by atoms with Gasteiger partial charge in [-0.2, -0.15) is 0 Å². The van der Waals surface area contributed by atoms with E-state index in [0.717, 1.165) is 0 Å². The maximum atomic E-state index is 11.9. The van der Waals surface area contributed by atoms with Crippen molar-refractivity contribution in [1.29, 1.82) is 0 Å². The smallest absolute Gasteiger partial charge is 0.258 e. The first-order chi connectivity index (χ1) is 10.6. The lowest BCUT2D eigenvalue weighted by atomic mass is 10.2. The van der Waals surface area contributed by atoms with Crippen molar-refractivity contribution < 1.29 is 9.59 Å². The van der Waals surface area contributed by atoms with Crippen molar-refractivity contribution in [2.45, 2.75) is 25.3 Å². The lowest BCUT2D eigenvalue weighted by Gasteiger charge is -2.10. The number of hydrogen-bond donors (Lipinski definition) is 3. The molecule has 3 rings (SSSR count). The third-order valence-corrected chi connectivity index (χ3v) is 3.63. The maximum absolute atomic E-state index is 11.9. The van der Waals surface area contributed by atoms with Crippen LogP contribution in [-0.2, 0) is 16.0 Å². The van der Waals surface area contributed by atoms with Crippen LogP contribution in [-0.4, -0.2) is 34.4 Å². The van der Waals surface area contributed by atoms with Crippen molar-refractivity contribution in [2.75, 3.05) is 6.54 Å². The molecule has 1 aromatic carbocycles. The molecular weight excluding hydrogens is 284 g/mol. The summed E-state index contributed by atoms with van der Waals surface area (Å²) in [7, 11) is 0. The van der Waals surface area contributed by atoms with Gasteiger partial charge in [-0.25, -0.2) is 4.98 Å². The number of hydrogen-bond acceptors (Lipinski definition) is 4. The predicted octanol–water partition coefficient (Wildman–Crippen LogP) is -0.140. The quantitative estimate of drug-likeness (QED) is 0.731. The van der Waals surface area contributed by atoms with Gasteiger partial charge in [0.15, 0.2) is 0 Å². The number of nitrogens with one attached hydrogen (secondary N) is 3. The lowest BCUT2D eigenvalue weighted by Crippen LogP contribution is -2.42. The lowest BCUT2D eigenvalue weighted by molar-refractivity contribution is -0.125. The van der Waals surface area contributed by atoms with Crippen molar-refractivity contribution >= 4 is 22.7 Å². The van der Waals surface area contributed by atoms with Crippen LogP contribution in [0.3, 0.4) is 0 Å². The molecule has 114 valence electrons. The van der Waals surface area contributed by atoms with Crippen molar-refractivity contribution in [3.05, 3.63) is 40.4 Å². The molecule has 0 spiro atoms. The zero-order chi connectivity index (χ0) is 15.5. The van der Waals surface area contributed by atoms with E-state index in [1.165, 1.54) is 0 Å². The third-order valence-electron chi connectivity index (χ3n) is 3.63. The number of para-hydroxylation sites is 1. The van der Waals surface area contributed by atoms with Gasteiger partial charge in [-0.1, -0.05) is 12.1 Å². The Balaban J connectivity index is 1.61. The summed E-state index contributed by atoms with van der Waals surface area (Å²) in [6.07, 6.45) is 1.33. The highest BCUT2D eigenvalue weighted by molar-refractivity contribution is 5.90. The van der Waals surface area contributed by atoms with Gasteiger partial charge in [0, 0.05) is 19.4 Å². The van der Waals surface area contributed by atoms with Crippen LogP contribution in [0.25, 0.3) is 10.9 Å². The van der Waals surface area contributed by atoms with Gasteiger partial charge in [0.2, 0.25) is 11.8 Å². The van der Waals surface area contributed by atoms with Gasteiger partial charge >= 0.3 is 0 Å².